The highest BCUT2D eigenvalue weighted by molar-refractivity contribution is 7.99. The van der Waals surface area contributed by atoms with Gasteiger partial charge in [0.05, 0.1) is 5.69 Å². The fraction of sp³-hybridized carbons (Fsp3) is 0.0909. The molecular weight excluding hydrogens is 252 g/mol. The van der Waals surface area contributed by atoms with Crippen LogP contribution in [0.25, 0.3) is 5.69 Å². The number of thioether (sulfide) groups is 1. The van der Waals surface area contributed by atoms with Gasteiger partial charge in [-0.15, -0.1) is 5.10 Å². The summed E-state index contributed by atoms with van der Waals surface area (Å²) in [6, 6.07) is 9.38. The average molecular weight is 262 g/mol. The molecule has 0 saturated heterocycles. The summed E-state index contributed by atoms with van der Waals surface area (Å²) < 4.78 is 1.56. The van der Waals surface area contributed by atoms with Crippen molar-refractivity contribution in [3.05, 3.63) is 42.5 Å². The Bertz CT molecular complexity index is 567. The number of hydrogen-bond acceptors (Lipinski definition) is 5. The van der Waals surface area contributed by atoms with E-state index in [1.54, 1.807) is 4.68 Å². The Labute approximate surface area is 107 Å². The quantitative estimate of drug-likeness (QED) is 0.648. The molecule has 0 bridgehead atoms. The molecule has 92 valence electrons. The zero-order valence-electron chi connectivity index (χ0n) is 9.35. The van der Waals surface area contributed by atoms with Crippen molar-refractivity contribution in [2.45, 2.75) is 5.16 Å². The van der Waals surface area contributed by atoms with Crippen LogP contribution in [0.3, 0.4) is 0 Å². The molecule has 0 unspecified atom stereocenters. The number of nitrogens with zero attached hydrogens (tertiary/aromatic N) is 4. The first kappa shape index (κ1) is 12.3. The van der Waals surface area contributed by atoms with Gasteiger partial charge < -0.3 is 5.11 Å². The third kappa shape index (κ3) is 2.75. The van der Waals surface area contributed by atoms with Crippen LogP contribution < -0.4 is 0 Å². The molecule has 0 spiro atoms. The molecule has 18 heavy (non-hydrogen) atoms. The molecule has 1 N–H and O–H groups in total. The Hall–Kier alpha value is -2.15. The first-order valence-electron chi connectivity index (χ1n) is 5.06. The fourth-order valence-electron chi connectivity index (χ4n) is 1.21. The molecular formula is C11H10N4O2S. The maximum Gasteiger partial charge on any atom is 0.331 e. The molecule has 1 aromatic heterocycles. The molecule has 1 heterocycles. The zero-order chi connectivity index (χ0) is 13.0. The normalized spacial score (nSPS) is 10.2. The van der Waals surface area contributed by atoms with Gasteiger partial charge in [-0.05, 0) is 22.6 Å². The Kier molecular flexibility index (Phi) is 3.73. The zero-order valence-corrected chi connectivity index (χ0v) is 10.2. The van der Waals surface area contributed by atoms with Crippen molar-refractivity contribution in [1.29, 1.82) is 0 Å². The highest BCUT2D eigenvalue weighted by Gasteiger charge is 2.11. The van der Waals surface area contributed by atoms with Crippen molar-refractivity contribution in [2.75, 3.05) is 5.75 Å². The second-order valence-electron chi connectivity index (χ2n) is 3.41. The minimum absolute atomic E-state index is 0.114. The molecule has 0 atom stereocenters. The van der Waals surface area contributed by atoms with Crippen LogP contribution in [0.5, 0.6) is 0 Å². The van der Waals surface area contributed by atoms with Gasteiger partial charge in [-0.1, -0.05) is 36.5 Å². The van der Waals surface area contributed by atoms with Crippen molar-refractivity contribution in [1.82, 2.24) is 20.2 Å². The van der Waals surface area contributed by atoms with Crippen molar-refractivity contribution in [3.8, 4) is 5.69 Å². The lowest BCUT2D eigenvalue weighted by atomic mass is 10.3. The van der Waals surface area contributed by atoms with Crippen molar-refractivity contribution in [2.24, 2.45) is 0 Å². The third-order valence-electron chi connectivity index (χ3n) is 2.12. The van der Waals surface area contributed by atoms with Gasteiger partial charge in [-0.25, -0.2) is 4.79 Å². The first-order valence-corrected chi connectivity index (χ1v) is 6.04. The number of carbonyl (C=O) groups is 1. The third-order valence-corrected chi connectivity index (χ3v) is 3.13. The molecule has 0 aliphatic heterocycles. The monoisotopic (exact) mass is 262 g/mol. The van der Waals surface area contributed by atoms with E-state index in [1.807, 2.05) is 30.3 Å². The molecule has 7 heteroatoms. The Balaban J connectivity index is 2.14. The Morgan fingerprint density at radius 3 is 2.78 bits per heavy atom. The van der Waals surface area contributed by atoms with Crippen LogP contribution in [0, 0.1) is 0 Å². The highest BCUT2D eigenvalue weighted by atomic mass is 32.2. The lowest BCUT2D eigenvalue weighted by Gasteiger charge is -2.03. The average Bonchev–Trinajstić information content (AvgIpc) is 2.85. The summed E-state index contributed by atoms with van der Waals surface area (Å²) in [5.41, 5.74) is 0.938. The van der Waals surface area contributed by atoms with Gasteiger partial charge in [-0.2, -0.15) is 4.68 Å². The minimum atomic E-state index is -1.01. The van der Waals surface area contributed by atoms with Gasteiger partial charge in [0, 0.05) is 11.3 Å². The predicted molar refractivity (Wildman–Crippen MR) is 66.7 cm³/mol. The van der Waals surface area contributed by atoms with E-state index in [-0.39, 0.29) is 11.3 Å². The largest absolute Gasteiger partial charge is 0.478 e. The number of rotatable bonds is 5. The first-order chi connectivity index (χ1) is 8.68. The van der Waals surface area contributed by atoms with Crippen LogP contribution >= 0.6 is 11.8 Å². The molecule has 0 saturated carbocycles. The van der Waals surface area contributed by atoms with E-state index in [9.17, 15) is 4.79 Å². The predicted octanol–water partition coefficient (Wildman–Crippen LogP) is 1.40. The van der Waals surface area contributed by atoms with Gasteiger partial charge in [-0.3, -0.25) is 0 Å². The number of tetrazole rings is 1. The maximum absolute atomic E-state index is 10.6. The summed E-state index contributed by atoms with van der Waals surface area (Å²) in [4.78, 5) is 10.6. The molecule has 0 aliphatic rings. The number of carboxylic acid groups (broad SMARTS) is 1. The fourth-order valence-corrected chi connectivity index (χ4v) is 2.00. The second kappa shape index (κ2) is 5.46. The van der Waals surface area contributed by atoms with Crippen LogP contribution in [0.4, 0.5) is 0 Å². The lowest BCUT2D eigenvalue weighted by molar-refractivity contribution is -0.132. The molecule has 0 fully saturated rings. The van der Waals surface area contributed by atoms with E-state index in [4.69, 9.17) is 5.11 Å². The van der Waals surface area contributed by atoms with Crippen LogP contribution in [-0.4, -0.2) is 37.0 Å². The number of carboxylic acids is 1. The summed E-state index contributed by atoms with van der Waals surface area (Å²) in [5.74, 6) is -0.774. The molecule has 2 aromatic rings. The molecule has 2 rings (SSSR count). The Morgan fingerprint density at radius 2 is 2.11 bits per heavy atom. The number of aromatic nitrogens is 4. The van der Waals surface area contributed by atoms with E-state index in [0.29, 0.717) is 5.16 Å². The van der Waals surface area contributed by atoms with Crippen LogP contribution in [0.15, 0.2) is 47.6 Å². The molecule has 0 radical (unpaired) electrons. The molecule has 0 amide bonds. The summed E-state index contributed by atoms with van der Waals surface area (Å²) in [7, 11) is 0. The van der Waals surface area contributed by atoms with Gasteiger partial charge in [0.15, 0.2) is 0 Å². The van der Waals surface area contributed by atoms with E-state index in [1.165, 1.54) is 11.8 Å². The molecule has 0 aliphatic carbocycles. The SMILES string of the molecule is C=C(CSc1nnnn1-c1ccccc1)C(=O)O. The number of para-hydroxylation sites is 1. The van der Waals surface area contributed by atoms with Crippen LogP contribution in [0.2, 0.25) is 0 Å². The Morgan fingerprint density at radius 1 is 1.39 bits per heavy atom. The molecule has 1 aromatic carbocycles. The van der Waals surface area contributed by atoms with Gasteiger partial charge in [0.25, 0.3) is 0 Å². The summed E-state index contributed by atoms with van der Waals surface area (Å²) in [6.45, 7) is 3.46. The van der Waals surface area contributed by atoms with E-state index in [0.717, 1.165) is 5.69 Å². The minimum Gasteiger partial charge on any atom is -0.478 e. The van der Waals surface area contributed by atoms with Gasteiger partial charge in [0.1, 0.15) is 0 Å². The molecule has 6 nitrogen and oxygen atoms in total. The standard InChI is InChI=1S/C11H10N4O2S/c1-8(10(16)17)7-18-11-12-13-14-15(11)9-5-3-2-4-6-9/h2-6H,1,7H2,(H,16,17). The highest BCUT2D eigenvalue weighted by Crippen LogP contribution is 2.19. The number of hydrogen-bond donors (Lipinski definition) is 1. The smallest absolute Gasteiger partial charge is 0.331 e. The van der Waals surface area contributed by atoms with Gasteiger partial charge in [0.2, 0.25) is 5.16 Å². The van der Waals surface area contributed by atoms with Gasteiger partial charge >= 0.3 is 5.97 Å². The topological polar surface area (TPSA) is 80.9 Å². The van der Waals surface area contributed by atoms with Crippen LogP contribution in [-0.2, 0) is 4.79 Å². The summed E-state index contributed by atoms with van der Waals surface area (Å²) in [5, 5.41) is 20.6. The van der Waals surface area contributed by atoms with E-state index >= 15 is 0 Å². The van der Waals surface area contributed by atoms with E-state index < -0.39 is 5.97 Å². The number of benzene rings is 1. The van der Waals surface area contributed by atoms with Crippen molar-refractivity contribution >= 4 is 17.7 Å². The number of aliphatic carboxylic acids is 1. The van der Waals surface area contributed by atoms with Crippen LogP contribution in [0.1, 0.15) is 0 Å². The van der Waals surface area contributed by atoms with Crippen molar-refractivity contribution < 1.29 is 9.90 Å². The summed E-state index contributed by atoms with van der Waals surface area (Å²) in [6.07, 6.45) is 0. The van der Waals surface area contributed by atoms with Crippen molar-refractivity contribution in [3.63, 3.8) is 0 Å². The second-order valence-corrected chi connectivity index (χ2v) is 4.35. The lowest BCUT2D eigenvalue weighted by Crippen LogP contribution is -2.03. The summed E-state index contributed by atoms with van der Waals surface area (Å²) >= 11 is 1.23. The van der Waals surface area contributed by atoms with E-state index in [2.05, 4.69) is 22.1 Å². The maximum atomic E-state index is 10.6.